The molecule has 1 atom stereocenters. The van der Waals surface area contributed by atoms with Crippen molar-refractivity contribution in [1.29, 1.82) is 0 Å². The number of sulfonamides is 1. The number of amides is 1. The molecule has 0 bridgehead atoms. The van der Waals surface area contributed by atoms with E-state index in [1.807, 2.05) is 12.1 Å². The first-order valence-corrected chi connectivity index (χ1v) is 11.3. The zero-order chi connectivity index (χ0) is 20.9. The summed E-state index contributed by atoms with van der Waals surface area (Å²) in [7, 11) is -3.76. The molecule has 0 aliphatic carbocycles. The van der Waals surface area contributed by atoms with E-state index in [1.165, 1.54) is 30.1 Å². The lowest BCUT2D eigenvalue weighted by molar-refractivity contribution is -0.115. The van der Waals surface area contributed by atoms with Gasteiger partial charge in [-0.1, -0.05) is 17.7 Å². The molecule has 2 aromatic carbocycles. The summed E-state index contributed by atoms with van der Waals surface area (Å²) in [6.07, 6.45) is 1.50. The molecular weight excluding hydrogens is 430 g/mol. The monoisotopic (exact) mass is 447 g/mol. The Labute approximate surface area is 178 Å². The number of carbonyl (C=O) groups is 1. The average Bonchev–Trinajstić information content (AvgIpc) is 2.70. The second-order valence-corrected chi connectivity index (χ2v) is 9.58. The molecule has 9 heteroatoms. The van der Waals surface area contributed by atoms with E-state index >= 15 is 0 Å². The second-order valence-electron chi connectivity index (χ2n) is 6.05. The Morgan fingerprint density at radius 2 is 1.72 bits per heavy atom. The van der Waals surface area contributed by atoms with Gasteiger partial charge < -0.3 is 5.32 Å². The van der Waals surface area contributed by atoms with Crippen LogP contribution in [-0.2, 0) is 14.8 Å². The third-order valence-corrected chi connectivity index (χ3v) is 6.57. The maximum absolute atomic E-state index is 12.4. The molecule has 29 heavy (non-hydrogen) atoms. The SMILES string of the molecule is CC(Sc1ccc(Cl)cc1)C(=O)Nc1ccc(S(=O)(=O)Nc2ccccn2)cc1. The predicted octanol–water partition coefficient (Wildman–Crippen LogP) is 4.66. The molecule has 0 aliphatic rings. The highest BCUT2D eigenvalue weighted by molar-refractivity contribution is 8.00. The minimum atomic E-state index is -3.76. The van der Waals surface area contributed by atoms with Crippen molar-refractivity contribution in [3.05, 3.63) is 77.9 Å². The van der Waals surface area contributed by atoms with Crippen molar-refractivity contribution in [2.45, 2.75) is 22.0 Å². The van der Waals surface area contributed by atoms with Crippen LogP contribution in [0.1, 0.15) is 6.92 Å². The summed E-state index contributed by atoms with van der Waals surface area (Å²) in [5.41, 5.74) is 0.510. The highest BCUT2D eigenvalue weighted by Crippen LogP contribution is 2.26. The summed E-state index contributed by atoms with van der Waals surface area (Å²) in [6.45, 7) is 1.80. The number of nitrogens with zero attached hydrogens (tertiary/aromatic N) is 1. The molecular formula is C20H18ClN3O3S2. The quantitative estimate of drug-likeness (QED) is 0.514. The van der Waals surface area contributed by atoms with E-state index in [9.17, 15) is 13.2 Å². The number of nitrogens with one attached hydrogen (secondary N) is 2. The number of halogens is 1. The fourth-order valence-electron chi connectivity index (χ4n) is 2.35. The third-order valence-electron chi connectivity index (χ3n) is 3.83. The van der Waals surface area contributed by atoms with E-state index in [-0.39, 0.29) is 21.9 Å². The van der Waals surface area contributed by atoms with Crippen LogP contribution in [0.2, 0.25) is 5.02 Å². The van der Waals surface area contributed by atoms with Gasteiger partial charge in [0, 0.05) is 21.8 Å². The van der Waals surface area contributed by atoms with Crippen molar-refractivity contribution in [3.63, 3.8) is 0 Å². The fourth-order valence-corrected chi connectivity index (χ4v) is 4.35. The number of rotatable bonds is 7. The Bertz CT molecular complexity index is 1070. The van der Waals surface area contributed by atoms with Crippen molar-refractivity contribution < 1.29 is 13.2 Å². The van der Waals surface area contributed by atoms with Crippen LogP contribution in [0.25, 0.3) is 0 Å². The molecule has 3 aromatic rings. The molecule has 0 fully saturated rings. The molecule has 1 aromatic heterocycles. The van der Waals surface area contributed by atoms with Crippen molar-refractivity contribution in [3.8, 4) is 0 Å². The normalized spacial score (nSPS) is 12.2. The molecule has 0 aliphatic heterocycles. The number of hydrogen-bond donors (Lipinski definition) is 2. The Hall–Kier alpha value is -2.55. The highest BCUT2D eigenvalue weighted by Gasteiger charge is 2.17. The lowest BCUT2D eigenvalue weighted by atomic mass is 10.3. The summed E-state index contributed by atoms with van der Waals surface area (Å²) < 4.78 is 27.2. The maximum Gasteiger partial charge on any atom is 0.263 e. The van der Waals surface area contributed by atoms with Gasteiger partial charge in [0.25, 0.3) is 10.0 Å². The first kappa shape index (κ1) is 21.2. The van der Waals surface area contributed by atoms with E-state index < -0.39 is 10.0 Å². The Morgan fingerprint density at radius 3 is 2.34 bits per heavy atom. The molecule has 1 amide bonds. The van der Waals surface area contributed by atoms with Gasteiger partial charge in [-0.2, -0.15) is 0 Å². The van der Waals surface area contributed by atoms with Crippen LogP contribution >= 0.6 is 23.4 Å². The third kappa shape index (κ3) is 5.96. The smallest absolute Gasteiger partial charge is 0.263 e. The fraction of sp³-hybridized carbons (Fsp3) is 0.100. The lowest BCUT2D eigenvalue weighted by Gasteiger charge is -2.13. The first-order chi connectivity index (χ1) is 13.8. The Balaban J connectivity index is 1.62. The Kier molecular flexibility index (Phi) is 6.79. The number of anilines is 2. The molecule has 3 rings (SSSR count). The molecule has 0 saturated carbocycles. The van der Waals surface area contributed by atoms with Gasteiger partial charge in [0.05, 0.1) is 10.1 Å². The molecule has 6 nitrogen and oxygen atoms in total. The number of thioether (sulfide) groups is 1. The van der Waals surface area contributed by atoms with Crippen LogP contribution in [0.5, 0.6) is 0 Å². The lowest BCUT2D eigenvalue weighted by Crippen LogP contribution is -2.22. The van der Waals surface area contributed by atoms with Gasteiger partial charge in [-0.25, -0.2) is 13.4 Å². The van der Waals surface area contributed by atoms with Gasteiger partial charge in [0.2, 0.25) is 5.91 Å². The van der Waals surface area contributed by atoms with E-state index in [4.69, 9.17) is 11.6 Å². The summed E-state index contributed by atoms with van der Waals surface area (Å²) in [4.78, 5) is 17.4. The number of hydrogen-bond acceptors (Lipinski definition) is 5. The second kappa shape index (κ2) is 9.30. The molecule has 0 saturated heterocycles. The van der Waals surface area contributed by atoms with Gasteiger partial charge in [-0.05, 0) is 67.6 Å². The van der Waals surface area contributed by atoms with Gasteiger partial charge in [0.15, 0.2) is 0 Å². The molecule has 0 spiro atoms. The molecule has 1 unspecified atom stereocenters. The van der Waals surface area contributed by atoms with Gasteiger partial charge in [0.1, 0.15) is 5.82 Å². The van der Waals surface area contributed by atoms with E-state index in [1.54, 1.807) is 49.4 Å². The van der Waals surface area contributed by atoms with Gasteiger partial charge >= 0.3 is 0 Å². The van der Waals surface area contributed by atoms with E-state index in [0.717, 1.165) is 4.90 Å². The van der Waals surface area contributed by atoms with Crippen molar-refractivity contribution in [1.82, 2.24) is 4.98 Å². The zero-order valence-electron chi connectivity index (χ0n) is 15.4. The van der Waals surface area contributed by atoms with Crippen molar-refractivity contribution in [2.75, 3.05) is 10.0 Å². The molecule has 150 valence electrons. The summed E-state index contributed by atoms with van der Waals surface area (Å²) >= 11 is 7.27. The number of benzene rings is 2. The van der Waals surface area contributed by atoms with Crippen LogP contribution in [-0.4, -0.2) is 24.6 Å². The van der Waals surface area contributed by atoms with Crippen LogP contribution in [0, 0.1) is 0 Å². The van der Waals surface area contributed by atoms with Gasteiger partial charge in [-0.15, -0.1) is 11.8 Å². The molecule has 1 heterocycles. The van der Waals surface area contributed by atoms with Crippen LogP contribution < -0.4 is 10.0 Å². The summed E-state index contributed by atoms with van der Waals surface area (Å²) in [5.74, 6) is 0.0464. The topological polar surface area (TPSA) is 88.2 Å². The summed E-state index contributed by atoms with van der Waals surface area (Å²) in [6, 6.07) is 18.1. The largest absolute Gasteiger partial charge is 0.325 e. The number of pyridine rings is 1. The Morgan fingerprint density at radius 1 is 1.03 bits per heavy atom. The number of aromatic nitrogens is 1. The number of carbonyl (C=O) groups excluding carboxylic acids is 1. The van der Waals surface area contributed by atoms with E-state index in [0.29, 0.717) is 10.7 Å². The van der Waals surface area contributed by atoms with Gasteiger partial charge in [-0.3, -0.25) is 9.52 Å². The molecule has 0 radical (unpaired) electrons. The van der Waals surface area contributed by atoms with Crippen molar-refractivity contribution >= 4 is 50.8 Å². The predicted molar refractivity (Wildman–Crippen MR) is 117 cm³/mol. The minimum absolute atomic E-state index is 0.0738. The van der Waals surface area contributed by atoms with E-state index in [2.05, 4.69) is 15.0 Å². The minimum Gasteiger partial charge on any atom is -0.325 e. The van der Waals surface area contributed by atoms with Crippen molar-refractivity contribution in [2.24, 2.45) is 0 Å². The summed E-state index contributed by atoms with van der Waals surface area (Å²) in [5, 5.41) is 3.08. The standard InChI is InChI=1S/C20H18ClN3O3S2/c1-14(28-17-9-5-15(21)6-10-17)20(25)23-16-7-11-18(12-8-16)29(26,27)24-19-4-2-3-13-22-19/h2-14H,1H3,(H,22,24)(H,23,25). The first-order valence-electron chi connectivity index (χ1n) is 8.60. The van der Waals surface area contributed by atoms with Crippen LogP contribution in [0.15, 0.2) is 82.7 Å². The van der Waals surface area contributed by atoms with Crippen LogP contribution in [0.3, 0.4) is 0 Å². The highest BCUT2D eigenvalue weighted by atomic mass is 35.5. The average molecular weight is 448 g/mol. The molecule has 2 N–H and O–H groups in total. The maximum atomic E-state index is 12.4. The zero-order valence-corrected chi connectivity index (χ0v) is 17.8. The van der Waals surface area contributed by atoms with Crippen LogP contribution in [0.4, 0.5) is 11.5 Å².